The zero-order valence-corrected chi connectivity index (χ0v) is 25.8. The molecule has 4 N–H and O–H groups in total. The molecule has 11 nitrogen and oxygen atoms in total. The Labute approximate surface area is 268 Å². The topological polar surface area (TPSA) is 147 Å². The number of carbonyl (C=O) groups is 3. The highest BCUT2D eigenvalue weighted by Gasteiger charge is 2.39. The fourth-order valence-electron chi connectivity index (χ4n) is 5.39. The Bertz CT molecular complexity index is 1750. The summed E-state index contributed by atoms with van der Waals surface area (Å²) >= 11 is 0. The lowest BCUT2D eigenvalue weighted by Gasteiger charge is -2.35. The van der Waals surface area contributed by atoms with Gasteiger partial charge in [0.05, 0.1) is 25.9 Å². The van der Waals surface area contributed by atoms with E-state index in [2.05, 4.69) is 10.3 Å². The van der Waals surface area contributed by atoms with Crippen molar-refractivity contribution in [2.24, 2.45) is 5.84 Å². The number of pyridine rings is 1. The number of amides is 2. The van der Waals surface area contributed by atoms with E-state index in [0.717, 1.165) is 29.2 Å². The van der Waals surface area contributed by atoms with Crippen LogP contribution in [0.1, 0.15) is 43.0 Å². The summed E-state index contributed by atoms with van der Waals surface area (Å²) in [5.41, 5.74) is 3.03. The third-order valence-corrected chi connectivity index (χ3v) is 7.53. The van der Waals surface area contributed by atoms with Crippen LogP contribution in [0.25, 0.3) is 10.8 Å². The van der Waals surface area contributed by atoms with Crippen LogP contribution in [0.3, 0.4) is 0 Å². The molecular formula is C33H34F3N5O6. The maximum absolute atomic E-state index is 14.5. The molecule has 248 valence electrons. The number of benzene rings is 3. The predicted octanol–water partition coefficient (Wildman–Crippen LogP) is 5.63. The number of halogens is 3. The number of carbonyl (C=O) groups excluding carboxylic acids is 2. The van der Waals surface area contributed by atoms with Gasteiger partial charge in [-0.15, -0.1) is 0 Å². The van der Waals surface area contributed by atoms with Gasteiger partial charge in [-0.2, -0.15) is 13.2 Å². The quantitative estimate of drug-likeness (QED) is 0.163. The molecule has 3 aromatic carbocycles. The summed E-state index contributed by atoms with van der Waals surface area (Å²) < 4.78 is 42.7. The minimum Gasteiger partial charge on any atom is -0.493 e. The lowest BCUT2D eigenvalue weighted by molar-refractivity contribution is -0.192. The van der Waals surface area contributed by atoms with E-state index in [0.29, 0.717) is 35.0 Å². The van der Waals surface area contributed by atoms with Gasteiger partial charge >= 0.3 is 12.1 Å². The third-order valence-electron chi connectivity index (χ3n) is 7.53. The number of carboxylic acid groups (broad SMARTS) is 1. The summed E-state index contributed by atoms with van der Waals surface area (Å²) in [6.07, 6.45) is 0.100. The first-order valence-corrected chi connectivity index (χ1v) is 14.4. The molecule has 1 fully saturated rings. The Hall–Kier alpha value is -5.37. The number of rotatable bonds is 8. The Morgan fingerprint density at radius 1 is 1.02 bits per heavy atom. The number of aromatic nitrogens is 1. The van der Waals surface area contributed by atoms with Gasteiger partial charge in [-0.25, -0.2) is 10.6 Å². The van der Waals surface area contributed by atoms with Crippen LogP contribution >= 0.6 is 0 Å². The third kappa shape index (κ3) is 8.27. The van der Waals surface area contributed by atoms with E-state index in [4.69, 9.17) is 25.2 Å². The van der Waals surface area contributed by atoms with Crippen LogP contribution in [0.2, 0.25) is 0 Å². The van der Waals surface area contributed by atoms with Gasteiger partial charge in [-0.3, -0.25) is 19.6 Å². The molecule has 0 radical (unpaired) electrons. The highest BCUT2D eigenvalue weighted by molar-refractivity contribution is 5.90. The monoisotopic (exact) mass is 653 g/mol. The van der Waals surface area contributed by atoms with Crippen molar-refractivity contribution in [3.8, 4) is 11.5 Å². The molecule has 4 aromatic rings. The highest BCUT2D eigenvalue weighted by Crippen LogP contribution is 2.39. The number of methoxy groups -OCH3 is 2. The van der Waals surface area contributed by atoms with Gasteiger partial charge in [0.1, 0.15) is 6.04 Å². The first-order chi connectivity index (χ1) is 22.3. The number of hydrazine groups is 1. The second kappa shape index (κ2) is 14.8. The van der Waals surface area contributed by atoms with E-state index in [1.54, 1.807) is 38.7 Å². The number of likely N-dealkylation sites (tertiary alicyclic amines) is 1. The number of fused-ring (bicyclic) bond motifs is 1. The molecule has 1 saturated heterocycles. The number of ether oxygens (including phenoxy) is 2. The number of anilines is 2. The largest absolute Gasteiger partial charge is 0.493 e. The minimum absolute atomic E-state index is 0.128. The van der Waals surface area contributed by atoms with Crippen LogP contribution < -0.4 is 25.6 Å². The van der Waals surface area contributed by atoms with Crippen molar-refractivity contribution < 1.29 is 42.1 Å². The summed E-state index contributed by atoms with van der Waals surface area (Å²) in [6, 6.07) is 19.8. The van der Waals surface area contributed by atoms with E-state index >= 15 is 0 Å². The van der Waals surface area contributed by atoms with Crippen LogP contribution in [0.15, 0.2) is 79.1 Å². The lowest BCUT2D eigenvalue weighted by Crippen LogP contribution is -2.46. The second-order valence-electron chi connectivity index (χ2n) is 10.6. The van der Waals surface area contributed by atoms with Crippen LogP contribution in [0.4, 0.5) is 24.5 Å². The predicted molar refractivity (Wildman–Crippen MR) is 169 cm³/mol. The Morgan fingerprint density at radius 3 is 2.40 bits per heavy atom. The zero-order valence-electron chi connectivity index (χ0n) is 25.8. The second-order valence-corrected chi connectivity index (χ2v) is 10.6. The normalized spacial score (nSPS) is 14.9. The number of hydrogen-bond donors (Lipinski definition) is 3. The molecule has 1 aliphatic heterocycles. The summed E-state index contributed by atoms with van der Waals surface area (Å²) in [6.45, 7) is 2.07. The number of nitrogens with one attached hydrogen (secondary N) is 1. The SMILES string of the molecule is COc1ccc(C(C(=O)N2CCC[C@@H]2c2cccc(NC(C)=O)c2)N(N)c2ccc3cnccc3c2)cc1OC.O=C(O)C(F)(F)F. The molecular weight excluding hydrogens is 619 g/mol. The molecule has 5 rings (SSSR count). The zero-order chi connectivity index (χ0) is 34.3. The van der Waals surface area contributed by atoms with E-state index in [-0.39, 0.29) is 17.9 Å². The maximum Gasteiger partial charge on any atom is 0.490 e. The molecule has 0 spiro atoms. The van der Waals surface area contributed by atoms with Crippen molar-refractivity contribution in [1.29, 1.82) is 0 Å². The van der Waals surface area contributed by atoms with E-state index in [9.17, 15) is 22.8 Å². The number of aliphatic carboxylic acids is 1. The van der Waals surface area contributed by atoms with Crippen molar-refractivity contribution in [1.82, 2.24) is 9.88 Å². The molecule has 0 aliphatic carbocycles. The molecule has 1 aromatic heterocycles. The van der Waals surface area contributed by atoms with Crippen LogP contribution in [0.5, 0.6) is 11.5 Å². The maximum atomic E-state index is 14.5. The van der Waals surface area contributed by atoms with Gasteiger partial charge in [0.15, 0.2) is 11.5 Å². The Kier molecular flexibility index (Phi) is 10.9. The molecule has 0 bridgehead atoms. The van der Waals surface area contributed by atoms with Gasteiger partial charge in [-0.05, 0) is 71.8 Å². The molecule has 47 heavy (non-hydrogen) atoms. The number of alkyl halides is 3. The van der Waals surface area contributed by atoms with Gasteiger partial charge < -0.3 is 24.8 Å². The summed E-state index contributed by atoms with van der Waals surface area (Å²) in [5, 5.41) is 13.4. The van der Waals surface area contributed by atoms with Gasteiger partial charge in [0, 0.05) is 36.9 Å². The van der Waals surface area contributed by atoms with Crippen molar-refractivity contribution in [2.45, 2.75) is 38.0 Å². The lowest BCUT2D eigenvalue weighted by atomic mass is 10.00. The Morgan fingerprint density at radius 2 is 1.74 bits per heavy atom. The Balaban J connectivity index is 0.000000644. The van der Waals surface area contributed by atoms with Crippen molar-refractivity contribution in [3.63, 3.8) is 0 Å². The van der Waals surface area contributed by atoms with Crippen LogP contribution in [-0.2, 0) is 14.4 Å². The molecule has 2 amide bonds. The summed E-state index contributed by atoms with van der Waals surface area (Å²) in [4.78, 5) is 41.1. The molecule has 1 aliphatic rings. The van der Waals surface area contributed by atoms with Crippen LogP contribution in [0, 0.1) is 0 Å². The number of carboxylic acids is 1. The van der Waals surface area contributed by atoms with E-state index in [1.165, 1.54) is 11.9 Å². The van der Waals surface area contributed by atoms with E-state index in [1.807, 2.05) is 59.5 Å². The fourth-order valence-corrected chi connectivity index (χ4v) is 5.39. The molecule has 1 unspecified atom stereocenters. The molecule has 0 saturated carbocycles. The average molecular weight is 654 g/mol. The van der Waals surface area contributed by atoms with Crippen molar-refractivity contribution in [2.75, 3.05) is 31.1 Å². The molecule has 2 atom stereocenters. The number of nitrogens with two attached hydrogens (primary N) is 1. The first kappa shape index (κ1) is 34.5. The van der Waals surface area contributed by atoms with E-state index < -0.39 is 18.2 Å². The fraction of sp³-hybridized carbons (Fsp3) is 0.273. The summed E-state index contributed by atoms with van der Waals surface area (Å²) in [7, 11) is 3.14. The highest BCUT2D eigenvalue weighted by atomic mass is 19.4. The van der Waals surface area contributed by atoms with Gasteiger partial charge in [-0.1, -0.05) is 24.3 Å². The first-order valence-electron chi connectivity index (χ1n) is 14.4. The smallest absolute Gasteiger partial charge is 0.490 e. The van der Waals surface area contributed by atoms with Crippen molar-refractivity contribution in [3.05, 3.63) is 90.3 Å². The molecule has 14 heteroatoms. The molecule has 2 heterocycles. The summed E-state index contributed by atoms with van der Waals surface area (Å²) in [5.74, 6) is 4.85. The van der Waals surface area contributed by atoms with Crippen LogP contribution in [-0.4, -0.2) is 59.7 Å². The number of nitrogens with zero attached hydrogens (tertiary/aromatic N) is 3. The minimum atomic E-state index is -5.08. The van der Waals surface area contributed by atoms with Crippen molar-refractivity contribution >= 4 is 39.9 Å². The standard InChI is InChI=1S/C31H33N5O4.C2HF3O2/c1-20(37)34-25-7-4-6-22(16-25)27-8-5-15-35(27)31(38)30(23-10-12-28(39-2)29(18-23)40-3)36(32)26-11-9-24-19-33-14-13-21(24)17-26;3-2(4,5)1(6)7/h4,6-7,9-14,16-19,27,30H,5,8,15,32H2,1-3H3,(H,34,37);(H,6,7)/t27-,30?;/m1./s1. The average Bonchev–Trinajstić information content (AvgIpc) is 3.54. The van der Waals surface area contributed by atoms with Gasteiger partial charge in [0.25, 0.3) is 5.91 Å². The van der Waals surface area contributed by atoms with Gasteiger partial charge in [0.2, 0.25) is 5.91 Å². The number of hydrogen-bond acceptors (Lipinski definition) is 8.